The van der Waals surface area contributed by atoms with Crippen LogP contribution in [-0.4, -0.2) is 30.5 Å². The first-order valence-corrected chi connectivity index (χ1v) is 6.41. The summed E-state index contributed by atoms with van der Waals surface area (Å²) in [5.41, 5.74) is 0.409. The van der Waals surface area contributed by atoms with E-state index in [-0.39, 0.29) is 31.3 Å². The van der Waals surface area contributed by atoms with Crippen LogP contribution in [0.25, 0.3) is 0 Å². The zero-order valence-electron chi connectivity index (χ0n) is 10.8. The molecule has 6 heteroatoms. The second kappa shape index (κ2) is 5.67. The Hall–Kier alpha value is -1.46. The Morgan fingerprint density at radius 1 is 1.47 bits per heavy atom. The van der Waals surface area contributed by atoms with Crippen molar-refractivity contribution in [2.24, 2.45) is 5.92 Å². The molecule has 2 unspecified atom stereocenters. The predicted octanol–water partition coefficient (Wildman–Crippen LogP) is 1.82. The number of carbonyl (C=O) groups excluding carboxylic acids is 1. The number of fused-ring (bicyclic) bond motifs is 1. The van der Waals surface area contributed by atoms with Gasteiger partial charge in [0, 0.05) is 18.2 Å². The molecule has 1 aliphatic rings. The van der Waals surface area contributed by atoms with Crippen molar-refractivity contribution in [2.75, 3.05) is 13.4 Å². The van der Waals surface area contributed by atoms with Gasteiger partial charge in [-0.15, -0.1) is 0 Å². The second-order valence-electron chi connectivity index (χ2n) is 4.61. The van der Waals surface area contributed by atoms with Crippen molar-refractivity contribution in [3.05, 3.63) is 22.7 Å². The third kappa shape index (κ3) is 2.93. The monoisotopic (exact) mass is 285 g/mol. The van der Waals surface area contributed by atoms with E-state index >= 15 is 0 Å². The molecule has 0 fully saturated rings. The van der Waals surface area contributed by atoms with Gasteiger partial charge in [-0.25, -0.2) is 0 Å². The molecule has 5 nitrogen and oxygen atoms in total. The number of amides is 1. The third-order valence-corrected chi connectivity index (χ3v) is 3.47. The molecule has 1 aromatic carbocycles. The highest BCUT2D eigenvalue weighted by molar-refractivity contribution is 6.32. The molecule has 1 aliphatic heterocycles. The number of ether oxygens (including phenoxy) is 2. The van der Waals surface area contributed by atoms with Gasteiger partial charge in [-0.1, -0.05) is 18.5 Å². The van der Waals surface area contributed by atoms with Crippen molar-refractivity contribution >= 4 is 17.5 Å². The van der Waals surface area contributed by atoms with Gasteiger partial charge in [-0.2, -0.15) is 0 Å². The van der Waals surface area contributed by atoms with Crippen LogP contribution in [0.4, 0.5) is 0 Å². The topological polar surface area (TPSA) is 67.8 Å². The van der Waals surface area contributed by atoms with Gasteiger partial charge in [-0.3, -0.25) is 4.79 Å². The Kier molecular flexibility index (Phi) is 4.17. The van der Waals surface area contributed by atoms with Crippen molar-refractivity contribution < 1.29 is 19.4 Å². The highest BCUT2D eigenvalue weighted by atomic mass is 35.5. The maximum absolute atomic E-state index is 12.1. The molecule has 0 saturated heterocycles. The molecule has 2 N–H and O–H groups in total. The van der Waals surface area contributed by atoms with Gasteiger partial charge in [0.05, 0.1) is 5.02 Å². The minimum Gasteiger partial charge on any atom is -0.454 e. The Morgan fingerprint density at radius 2 is 2.21 bits per heavy atom. The number of rotatable bonds is 4. The lowest BCUT2D eigenvalue weighted by Gasteiger charge is -2.19. The molecular formula is C13H16ClNO4. The average Bonchev–Trinajstić information content (AvgIpc) is 2.86. The van der Waals surface area contributed by atoms with Crippen molar-refractivity contribution in [1.29, 1.82) is 0 Å². The lowest BCUT2D eigenvalue weighted by atomic mass is 10.0. The zero-order valence-corrected chi connectivity index (χ0v) is 11.5. The van der Waals surface area contributed by atoms with E-state index < -0.39 is 0 Å². The molecule has 0 aliphatic carbocycles. The van der Waals surface area contributed by atoms with E-state index in [0.717, 1.165) is 0 Å². The zero-order chi connectivity index (χ0) is 14.0. The number of nitrogens with one attached hydrogen (secondary N) is 1. The highest BCUT2D eigenvalue weighted by Gasteiger charge is 2.22. The molecular weight excluding hydrogens is 270 g/mol. The molecule has 0 saturated carbocycles. The molecule has 1 amide bonds. The van der Waals surface area contributed by atoms with E-state index in [1.807, 2.05) is 13.8 Å². The molecule has 104 valence electrons. The largest absolute Gasteiger partial charge is 0.454 e. The van der Waals surface area contributed by atoms with E-state index in [4.69, 9.17) is 26.2 Å². The minimum absolute atomic E-state index is 0.0172. The third-order valence-electron chi connectivity index (χ3n) is 3.19. The maximum Gasteiger partial charge on any atom is 0.251 e. The Morgan fingerprint density at radius 3 is 2.89 bits per heavy atom. The van der Waals surface area contributed by atoms with Crippen LogP contribution in [-0.2, 0) is 0 Å². The summed E-state index contributed by atoms with van der Waals surface area (Å²) in [5, 5.41) is 12.2. The molecule has 2 atom stereocenters. The fourth-order valence-electron chi connectivity index (χ4n) is 1.69. The second-order valence-corrected chi connectivity index (χ2v) is 5.02. The predicted molar refractivity (Wildman–Crippen MR) is 70.8 cm³/mol. The first kappa shape index (κ1) is 14.0. The molecule has 0 spiro atoms. The lowest BCUT2D eigenvalue weighted by Crippen LogP contribution is -2.38. The number of hydrogen-bond acceptors (Lipinski definition) is 4. The number of hydrogen-bond donors (Lipinski definition) is 2. The summed E-state index contributed by atoms with van der Waals surface area (Å²) < 4.78 is 10.4. The molecule has 2 rings (SSSR count). The molecule has 19 heavy (non-hydrogen) atoms. The van der Waals surface area contributed by atoms with Crippen LogP contribution in [0.15, 0.2) is 12.1 Å². The average molecular weight is 286 g/mol. The van der Waals surface area contributed by atoms with Crippen molar-refractivity contribution in [3.63, 3.8) is 0 Å². The molecule has 0 bridgehead atoms. The number of carbonyl (C=O) groups is 1. The fraction of sp³-hybridized carbons (Fsp3) is 0.462. The lowest BCUT2D eigenvalue weighted by molar-refractivity contribution is 0.0916. The Balaban J connectivity index is 2.14. The van der Waals surface area contributed by atoms with Crippen LogP contribution >= 0.6 is 11.6 Å². The summed E-state index contributed by atoms with van der Waals surface area (Å²) in [6, 6.07) is 3.00. The van der Waals surface area contributed by atoms with Gasteiger partial charge in [0.1, 0.15) is 0 Å². The summed E-state index contributed by atoms with van der Waals surface area (Å²) in [6.45, 7) is 3.83. The first-order chi connectivity index (χ1) is 9.02. The van der Waals surface area contributed by atoms with Crippen LogP contribution < -0.4 is 14.8 Å². The molecule has 1 heterocycles. The minimum atomic E-state index is -0.256. The SMILES string of the molecule is CC(CO)C(C)NC(=O)c1cc(Cl)c2c(c1)OCO2. The number of halogens is 1. The van der Waals surface area contributed by atoms with E-state index in [1.54, 1.807) is 12.1 Å². The Labute approximate surface area is 116 Å². The normalized spacial score (nSPS) is 16.0. The Bertz CT molecular complexity index is 492. The summed E-state index contributed by atoms with van der Waals surface area (Å²) in [7, 11) is 0. The van der Waals surface area contributed by atoms with Crippen molar-refractivity contribution in [3.8, 4) is 11.5 Å². The molecule has 1 aromatic rings. The van der Waals surface area contributed by atoms with Gasteiger partial charge >= 0.3 is 0 Å². The standard InChI is InChI=1S/C13H16ClNO4/c1-7(5-16)8(2)15-13(17)9-3-10(14)12-11(4-9)18-6-19-12/h3-4,7-8,16H,5-6H2,1-2H3,(H,15,17). The summed E-state index contributed by atoms with van der Waals surface area (Å²) in [4.78, 5) is 12.1. The van der Waals surface area contributed by atoms with Gasteiger partial charge in [0.15, 0.2) is 11.5 Å². The highest BCUT2D eigenvalue weighted by Crippen LogP contribution is 2.39. The number of benzene rings is 1. The summed E-state index contributed by atoms with van der Waals surface area (Å²) in [6.07, 6.45) is 0. The quantitative estimate of drug-likeness (QED) is 0.885. The fourth-order valence-corrected chi connectivity index (χ4v) is 1.95. The van der Waals surface area contributed by atoms with Gasteiger partial charge < -0.3 is 19.9 Å². The van der Waals surface area contributed by atoms with Crippen LogP contribution in [0.3, 0.4) is 0 Å². The molecule has 0 radical (unpaired) electrons. The first-order valence-electron chi connectivity index (χ1n) is 6.03. The van der Waals surface area contributed by atoms with E-state index in [2.05, 4.69) is 5.32 Å². The molecule has 0 aromatic heterocycles. The van der Waals surface area contributed by atoms with Crippen LogP contribution in [0.5, 0.6) is 11.5 Å². The van der Waals surface area contributed by atoms with E-state index in [1.165, 1.54) is 0 Å². The van der Waals surface area contributed by atoms with Crippen molar-refractivity contribution in [1.82, 2.24) is 5.32 Å². The van der Waals surface area contributed by atoms with Gasteiger partial charge in [0.2, 0.25) is 6.79 Å². The van der Waals surface area contributed by atoms with Crippen molar-refractivity contribution in [2.45, 2.75) is 19.9 Å². The number of aliphatic hydroxyl groups is 1. The van der Waals surface area contributed by atoms with Gasteiger partial charge in [-0.05, 0) is 25.0 Å². The summed E-state index contributed by atoms with van der Waals surface area (Å²) >= 11 is 6.02. The summed E-state index contributed by atoms with van der Waals surface area (Å²) in [5.74, 6) is 0.664. The van der Waals surface area contributed by atoms with E-state index in [9.17, 15) is 4.79 Å². The smallest absolute Gasteiger partial charge is 0.251 e. The maximum atomic E-state index is 12.1. The van der Waals surface area contributed by atoms with Crippen LogP contribution in [0.1, 0.15) is 24.2 Å². The number of aliphatic hydroxyl groups excluding tert-OH is 1. The van der Waals surface area contributed by atoms with Gasteiger partial charge in [0.25, 0.3) is 5.91 Å². The van der Waals surface area contributed by atoms with Crippen LogP contribution in [0.2, 0.25) is 5.02 Å². The van der Waals surface area contributed by atoms with E-state index in [0.29, 0.717) is 22.1 Å². The van der Waals surface area contributed by atoms with Crippen LogP contribution in [0, 0.1) is 5.92 Å².